The molecule has 0 bridgehead atoms. The molecule has 0 fully saturated rings. The van der Waals surface area contributed by atoms with Crippen LogP contribution in [0.1, 0.15) is 73.5 Å². The number of allylic oxidation sites excluding steroid dienone is 2. The lowest BCUT2D eigenvalue weighted by atomic mass is 9.78. The van der Waals surface area contributed by atoms with Gasteiger partial charge in [0.2, 0.25) is 0 Å². The number of carbonyl (C=O) groups excluding carboxylic acids is 1. The maximum absolute atomic E-state index is 13.4. The Morgan fingerprint density at radius 1 is 1.29 bits per heavy atom. The van der Waals surface area contributed by atoms with E-state index in [1.54, 1.807) is 30.5 Å². The smallest absolute Gasteiger partial charge is 0.255 e. The predicted molar refractivity (Wildman–Crippen MR) is 135 cm³/mol. The average molecular weight is 474 g/mol. The number of amides is 1. The van der Waals surface area contributed by atoms with Crippen molar-refractivity contribution in [1.29, 1.82) is 0 Å². The van der Waals surface area contributed by atoms with Gasteiger partial charge in [0.05, 0.1) is 23.1 Å². The van der Waals surface area contributed by atoms with Crippen LogP contribution >= 0.6 is 0 Å². The van der Waals surface area contributed by atoms with Crippen LogP contribution < -0.4 is 11.1 Å². The zero-order valence-electron chi connectivity index (χ0n) is 20.3. The first-order valence-electron chi connectivity index (χ1n) is 12.5. The van der Waals surface area contributed by atoms with E-state index in [2.05, 4.69) is 29.2 Å². The third kappa shape index (κ3) is 4.47. The van der Waals surface area contributed by atoms with Gasteiger partial charge in [0.1, 0.15) is 11.6 Å². The lowest BCUT2D eigenvalue weighted by Gasteiger charge is -2.29. The summed E-state index contributed by atoms with van der Waals surface area (Å²) in [5.41, 5.74) is 12.7. The molecule has 3 N–H and O–H groups in total. The third-order valence-corrected chi connectivity index (χ3v) is 7.55. The fourth-order valence-electron chi connectivity index (χ4n) is 5.95. The normalized spacial score (nSPS) is 19.9. The monoisotopic (exact) mass is 473 g/mol. The first kappa shape index (κ1) is 23.3. The molecule has 1 aromatic carbocycles. The first-order valence-corrected chi connectivity index (χ1v) is 12.5. The number of nitrogens with two attached hydrogens (primary N) is 1. The topological polar surface area (TPSA) is 85.8 Å². The van der Waals surface area contributed by atoms with Gasteiger partial charge in [0.25, 0.3) is 5.91 Å². The van der Waals surface area contributed by atoms with E-state index in [-0.39, 0.29) is 29.5 Å². The molecular weight excluding hydrogens is 441 g/mol. The van der Waals surface area contributed by atoms with E-state index in [0.717, 1.165) is 44.2 Å². The summed E-state index contributed by atoms with van der Waals surface area (Å²) < 4.78 is 15.4. The van der Waals surface area contributed by atoms with Crippen LogP contribution in [-0.4, -0.2) is 26.7 Å². The second kappa shape index (κ2) is 9.64. The van der Waals surface area contributed by atoms with Crippen molar-refractivity contribution in [1.82, 2.24) is 20.1 Å². The van der Waals surface area contributed by atoms with Crippen LogP contribution in [0.4, 0.5) is 10.2 Å². The van der Waals surface area contributed by atoms with Crippen molar-refractivity contribution in [3.8, 4) is 5.69 Å². The largest absolute Gasteiger partial charge is 0.383 e. The molecule has 0 radical (unpaired) electrons. The third-order valence-electron chi connectivity index (χ3n) is 7.55. The molecule has 35 heavy (non-hydrogen) atoms. The summed E-state index contributed by atoms with van der Waals surface area (Å²) in [5, 5.41) is 7.90. The summed E-state index contributed by atoms with van der Waals surface area (Å²) in [4.78, 5) is 17.0. The van der Waals surface area contributed by atoms with E-state index < -0.39 is 0 Å². The van der Waals surface area contributed by atoms with Crippen molar-refractivity contribution in [2.45, 2.75) is 64.3 Å². The second-order valence-corrected chi connectivity index (χ2v) is 9.76. The predicted octanol–water partition coefficient (Wildman–Crippen LogP) is 5.34. The minimum absolute atomic E-state index is 0.0829. The number of pyridine rings is 1. The van der Waals surface area contributed by atoms with E-state index in [1.807, 2.05) is 10.9 Å². The number of hydrogen-bond donors (Lipinski definition) is 2. The summed E-state index contributed by atoms with van der Waals surface area (Å²) in [6.45, 7) is 4.42. The molecule has 1 amide bonds. The van der Waals surface area contributed by atoms with Crippen LogP contribution in [0.5, 0.6) is 0 Å². The zero-order chi connectivity index (χ0) is 24.5. The van der Waals surface area contributed by atoms with Crippen LogP contribution in [0.25, 0.3) is 5.69 Å². The number of nitrogens with one attached hydrogen (secondary N) is 1. The quantitative estimate of drug-likeness (QED) is 0.453. The molecule has 2 heterocycles. The van der Waals surface area contributed by atoms with Gasteiger partial charge in [-0.2, -0.15) is 5.10 Å². The maximum atomic E-state index is 13.4. The number of carbonyl (C=O) groups is 1. The van der Waals surface area contributed by atoms with E-state index in [4.69, 9.17) is 5.73 Å². The highest BCUT2D eigenvalue weighted by Gasteiger charge is 2.37. The number of fused-ring (bicyclic) bond motifs is 1. The van der Waals surface area contributed by atoms with Crippen LogP contribution in [-0.2, 0) is 6.42 Å². The minimum atomic E-state index is -0.244. The molecule has 6 nitrogen and oxygen atoms in total. The van der Waals surface area contributed by atoms with E-state index >= 15 is 0 Å². The first-order chi connectivity index (χ1) is 17.0. The summed E-state index contributed by atoms with van der Waals surface area (Å²) in [5.74, 6) is 0.582. The molecule has 7 heteroatoms. The number of nitrogens with zero attached hydrogens (tertiary/aromatic N) is 3. The Labute approximate surface area is 205 Å². The van der Waals surface area contributed by atoms with Gasteiger partial charge in [-0.05, 0) is 68.0 Å². The van der Waals surface area contributed by atoms with Crippen LogP contribution in [0.2, 0.25) is 0 Å². The number of aromatic nitrogens is 3. The lowest BCUT2D eigenvalue weighted by Crippen LogP contribution is -2.37. The number of benzene rings is 1. The van der Waals surface area contributed by atoms with Crippen LogP contribution in [0.3, 0.4) is 0 Å². The molecule has 2 aliphatic carbocycles. The van der Waals surface area contributed by atoms with Gasteiger partial charge in [-0.3, -0.25) is 4.79 Å². The number of hydrogen-bond acceptors (Lipinski definition) is 4. The molecule has 0 saturated carbocycles. The molecule has 3 atom stereocenters. The van der Waals surface area contributed by atoms with Crippen molar-refractivity contribution >= 4 is 11.7 Å². The van der Waals surface area contributed by atoms with Crippen molar-refractivity contribution in [3.05, 3.63) is 82.6 Å². The molecule has 0 spiro atoms. The Hall–Kier alpha value is -3.48. The standard InChI is InChI=1S/C28H32FN5O/c1-3-5-21(33-28(35)23-6-4-13-31-27(23)30)14-18-7-8-19-15-25-24(17(2)26(18)19)16-32-34(25)22-11-9-20(29)10-12-22/h4,6,9-13,16-18,21H,3,5,7-8,14-15H2,1-2H3,(H2,30,31)(H,33,35)/t17-,18+,21?/m0/s1. The molecular formula is C28H32FN5O. The number of nitrogen functional groups attached to an aromatic ring is 1. The number of anilines is 1. The number of halogens is 1. The van der Waals surface area contributed by atoms with Crippen molar-refractivity contribution in [2.75, 3.05) is 5.73 Å². The molecule has 5 rings (SSSR count). The van der Waals surface area contributed by atoms with Crippen molar-refractivity contribution in [2.24, 2.45) is 5.92 Å². The summed E-state index contributed by atoms with van der Waals surface area (Å²) in [6, 6.07) is 10.1. The van der Waals surface area contributed by atoms with Gasteiger partial charge in [0, 0.05) is 30.1 Å². The minimum Gasteiger partial charge on any atom is -0.383 e. The Bertz CT molecular complexity index is 1260. The van der Waals surface area contributed by atoms with E-state index in [0.29, 0.717) is 11.5 Å². The highest BCUT2D eigenvalue weighted by atomic mass is 19.1. The fourth-order valence-corrected chi connectivity index (χ4v) is 5.95. The SMILES string of the molecule is CCCC(C[C@H]1CCC2=C1[C@@H](C)c1cnn(-c3ccc(F)cc3)c1C2)NC(=O)c1cccnc1N. The summed E-state index contributed by atoms with van der Waals surface area (Å²) >= 11 is 0. The molecule has 3 aromatic rings. The van der Waals surface area contributed by atoms with Crippen molar-refractivity contribution < 1.29 is 9.18 Å². The molecule has 182 valence electrons. The maximum Gasteiger partial charge on any atom is 0.255 e. The molecule has 2 aliphatic rings. The Kier molecular flexibility index (Phi) is 6.41. The molecule has 0 saturated heterocycles. The van der Waals surface area contributed by atoms with E-state index in [1.165, 1.54) is 34.5 Å². The molecule has 0 aliphatic heterocycles. The second-order valence-electron chi connectivity index (χ2n) is 9.76. The average Bonchev–Trinajstić information content (AvgIpc) is 3.45. The van der Waals surface area contributed by atoms with Gasteiger partial charge in [-0.15, -0.1) is 0 Å². The van der Waals surface area contributed by atoms with E-state index in [9.17, 15) is 9.18 Å². The van der Waals surface area contributed by atoms with Crippen LogP contribution in [0.15, 0.2) is 59.9 Å². The molecule has 2 aromatic heterocycles. The summed E-state index contributed by atoms with van der Waals surface area (Å²) in [7, 11) is 0. The molecule has 1 unspecified atom stereocenters. The van der Waals surface area contributed by atoms with Crippen molar-refractivity contribution in [3.63, 3.8) is 0 Å². The van der Waals surface area contributed by atoms with Gasteiger partial charge in [0.15, 0.2) is 0 Å². The Morgan fingerprint density at radius 2 is 2.09 bits per heavy atom. The zero-order valence-corrected chi connectivity index (χ0v) is 20.3. The Morgan fingerprint density at radius 3 is 2.83 bits per heavy atom. The number of rotatable bonds is 7. The highest BCUT2D eigenvalue weighted by Crippen LogP contribution is 2.48. The van der Waals surface area contributed by atoms with Gasteiger partial charge in [-0.1, -0.05) is 31.4 Å². The van der Waals surface area contributed by atoms with Gasteiger partial charge >= 0.3 is 0 Å². The summed E-state index contributed by atoms with van der Waals surface area (Å²) in [6.07, 6.45) is 9.46. The van der Waals surface area contributed by atoms with Gasteiger partial charge in [-0.25, -0.2) is 14.1 Å². The Balaban J connectivity index is 1.35. The van der Waals surface area contributed by atoms with Crippen LogP contribution in [0, 0.1) is 11.7 Å². The lowest BCUT2D eigenvalue weighted by molar-refractivity contribution is 0.0930. The fraction of sp³-hybridized carbons (Fsp3) is 0.393. The highest BCUT2D eigenvalue weighted by molar-refractivity contribution is 5.98. The van der Waals surface area contributed by atoms with Gasteiger partial charge < -0.3 is 11.1 Å².